The fourth-order valence-electron chi connectivity index (χ4n) is 3.34. The number of likely N-dealkylation sites (tertiary alicyclic amines) is 1. The molecule has 1 aliphatic carbocycles. The number of piperidine rings is 1. The zero-order valence-electron chi connectivity index (χ0n) is 11.7. The van der Waals surface area contributed by atoms with E-state index in [1.54, 1.807) is 0 Å². The first-order valence-electron chi connectivity index (χ1n) is 7.00. The molecule has 1 saturated heterocycles. The maximum atomic E-state index is 12.7. The molecule has 2 rings (SSSR count). The van der Waals surface area contributed by atoms with Crippen LogP contribution in [0.4, 0.5) is 0 Å². The summed E-state index contributed by atoms with van der Waals surface area (Å²) < 4.78 is 22.9. The minimum absolute atomic E-state index is 0.130. The number of carboxylic acids is 1. The summed E-state index contributed by atoms with van der Waals surface area (Å²) in [7, 11) is -3.49. The minimum Gasteiger partial charge on any atom is -0.481 e. The Bertz CT molecular complexity index is 507. The SMILES string of the molecule is CS(=O)(=O)C1(C(=O)N2CCCC(C(=O)O)C2)CCCC1. The summed E-state index contributed by atoms with van der Waals surface area (Å²) in [5.41, 5.74) is 0. The van der Waals surface area contributed by atoms with E-state index >= 15 is 0 Å². The molecular weight excluding hydrogens is 282 g/mol. The van der Waals surface area contributed by atoms with E-state index in [2.05, 4.69) is 0 Å². The molecule has 1 amide bonds. The Labute approximate surface area is 119 Å². The number of aliphatic carboxylic acids is 1. The zero-order valence-corrected chi connectivity index (χ0v) is 12.5. The summed E-state index contributed by atoms with van der Waals surface area (Å²) in [5.74, 6) is -1.88. The van der Waals surface area contributed by atoms with Crippen LogP contribution in [0.25, 0.3) is 0 Å². The maximum Gasteiger partial charge on any atom is 0.308 e. The van der Waals surface area contributed by atoms with Crippen molar-refractivity contribution in [1.82, 2.24) is 4.90 Å². The summed E-state index contributed by atoms with van der Waals surface area (Å²) >= 11 is 0. The molecule has 20 heavy (non-hydrogen) atoms. The number of sulfone groups is 1. The topological polar surface area (TPSA) is 91.8 Å². The second-order valence-electron chi connectivity index (χ2n) is 5.90. The summed E-state index contributed by atoms with van der Waals surface area (Å²) in [5, 5.41) is 9.07. The van der Waals surface area contributed by atoms with Crippen LogP contribution in [-0.4, -0.2) is 54.4 Å². The second-order valence-corrected chi connectivity index (χ2v) is 8.23. The van der Waals surface area contributed by atoms with Crippen LogP contribution in [0.3, 0.4) is 0 Å². The molecule has 2 fully saturated rings. The van der Waals surface area contributed by atoms with Gasteiger partial charge in [-0.05, 0) is 25.7 Å². The molecule has 1 saturated carbocycles. The molecule has 0 aromatic heterocycles. The Morgan fingerprint density at radius 3 is 2.30 bits per heavy atom. The molecule has 0 aromatic carbocycles. The van der Waals surface area contributed by atoms with Gasteiger partial charge in [0, 0.05) is 19.3 Å². The molecule has 2 aliphatic rings. The standard InChI is InChI=1S/C13H21NO5S/c1-20(18,19)13(6-2-3-7-13)12(17)14-8-4-5-10(9-14)11(15)16/h10H,2-9H2,1H3,(H,15,16). The van der Waals surface area contributed by atoms with Crippen molar-refractivity contribution in [2.75, 3.05) is 19.3 Å². The van der Waals surface area contributed by atoms with Crippen LogP contribution in [0, 0.1) is 5.92 Å². The van der Waals surface area contributed by atoms with E-state index in [1.807, 2.05) is 0 Å². The lowest BCUT2D eigenvalue weighted by Gasteiger charge is -2.37. The Kier molecular flexibility index (Phi) is 4.09. The molecule has 1 unspecified atom stereocenters. The molecule has 0 radical (unpaired) electrons. The lowest BCUT2D eigenvalue weighted by Crippen LogP contribution is -2.55. The molecule has 7 heteroatoms. The predicted molar refractivity (Wildman–Crippen MR) is 73.0 cm³/mol. The fraction of sp³-hybridized carbons (Fsp3) is 0.846. The lowest BCUT2D eigenvalue weighted by molar-refractivity contribution is -0.146. The molecule has 0 bridgehead atoms. The summed E-state index contributed by atoms with van der Waals surface area (Å²) in [6, 6.07) is 0. The maximum absolute atomic E-state index is 12.7. The third-order valence-electron chi connectivity index (χ3n) is 4.57. The van der Waals surface area contributed by atoms with Crippen LogP contribution in [0.1, 0.15) is 38.5 Å². The second kappa shape index (κ2) is 5.35. The van der Waals surface area contributed by atoms with Crippen LogP contribution in [0.15, 0.2) is 0 Å². The van der Waals surface area contributed by atoms with Crippen molar-refractivity contribution in [3.8, 4) is 0 Å². The average molecular weight is 303 g/mol. The van der Waals surface area contributed by atoms with E-state index in [-0.39, 0.29) is 12.5 Å². The third kappa shape index (κ3) is 2.55. The highest BCUT2D eigenvalue weighted by Gasteiger charge is 2.52. The molecular formula is C13H21NO5S. The van der Waals surface area contributed by atoms with Gasteiger partial charge < -0.3 is 10.0 Å². The number of rotatable bonds is 3. The molecule has 1 N–H and O–H groups in total. The van der Waals surface area contributed by atoms with Crippen molar-refractivity contribution in [3.63, 3.8) is 0 Å². The minimum atomic E-state index is -3.49. The predicted octanol–water partition coefficient (Wildman–Crippen LogP) is 0.667. The Hall–Kier alpha value is -1.11. The van der Waals surface area contributed by atoms with Crippen molar-refractivity contribution < 1.29 is 23.1 Å². The van der Waals surface area contributed by atoms with Gasteiger partial charge in [0.25, 0.3) is 0 Å². The quantitative estimate of drug-likeness (QED) is 0.827. The summed E-state index contributed by atoms with van der Waals surface area (Å²) in [6.45, 7) is 0.589. The van der Waals surface area contributed by atoms with Gasteiger partial charge >= 0.3 is 5.97 Å². The monoisotopic (exact) mass is 303 g/mol. The molecule has 1 heterocycles. The van der Waals surface area contributed by atoms with E-state index in [9.17, 15) is 18.0 Å². The van der Waals surface area contributed by atoms with Gasteiger partial charge in [-0.3, -0.25) is 9.59 Å². The van der Waals surface area contributed by atoms with Crippen molar-refractivity contribution >= 4 is 21.7 Å². The highest BCUT2D eigenvalue weighted by molar-refractivity contribution is 7.92. The van der Waals surface area contributed by atoms with Crippen LogP contribution >= 0.6 is 0 Å². The molecule has 6 nitrogen and oxygen atoms in total. The van der Waals surface area contributed by atoms with E-state index in [0.29, 0.717) is 32.2 Å². The van der Waals surface area contributed by atoms with Crippen LogP contribution in [0.2, 0.25) is 0 Å². The van der Waals surface area contributed by atoms with Crippen molar-refractivity contribution in [2.45, 2.75) is 43.3 Å². The number of carboxylic acid groups (broad SMARTS) is 1. The average Bonchev–Trinajstić information content (AvgIpc) is 2.88. The number of carbonyl (C=O) groups excluding carboxylic acids is 1. The van der Waals surface area contributed by atoms with Gasteiger partial charge in [-0.2, -0.15) is 0 Å². The number of nitrogens with zero attached hydrogens (tertiary/aromatic N) is 1. The Morgan fingerprint density at radius 2 is 1.80 bits per heavy atom. The van der Waals surface area contributed by atoms with Crippen LogP contribution in [0.5, 0.6) is 0 Å². The van der Waals surface area contributed by atoms with Crippen LogP contribution in [-0.2, 0) is 19.4 Å². The summed E-state index contributed by atoms with van der Waals surface area (Å²) in [6.07, 6.45) is 4.46. The molecule has 1 atom stereocenters. The Morgan fingerprint density at radius 1 is 1.20 bits per heavy atom. The van der Waals surface area contributed by atoms with Gasteiger partial charge in [0.05, 0.1) is 5.92 Å². The van der Waals surface area contributed by atoms with E-state index in [1.165, 1.54) is 4.90 Å². The fourth-order valence-corrected chi connectivity index (χ4v) is 4.82. The number of amides is 1. The van der Waals surface area contributed by atoms with E-state index < -0.39 is 26.5 Å². The first-order valence-corrected chi connectivity index (χ1v) is 8.89. The normalized spacial score (nSPS) is 26.4. The molecule has 114 valence electrons. The first kappa shape index (κ1) is 15.3. The van der Waals surface area contributed by atoms with Crippen LogP contribution < -0.4 is 0 Å². The number of hydrogen-bond acceptors (Lipinski definition) is 4. The lowest BCUT2D eigenvalue weighted by atomic mass is 9.96. The zero-order chi connectivity index (χ0) is 15.0. The largest absolute Gasteiger partial charge is 0.481 e. The van der Waals surface area contributed by atoms with E-state index in [4.69, 9.17) is 5.11 Å². The highest BCUT2D eigenvalue weighted by Crippen LogP contribution is 2.39. The first-order chi connectivity index (χ1) is 9.28. The Balaban J connectivity index is 2.23. The van der Waals surface area contributed by atoms with Gasteiger partial charge in [0.15, 0.2) is 14.6 Å². The van der Waals surface area contributed by atoms with E-state index in [0.717, 1.165) is 19.1 Å². The van der Waals surface area contributed by atoms with Crippen molar-refractivity contribution in [2.24, 2.45) is 5.92 Å². The van der Waals surface area contributed by atoms with Crippen molar-refractivity contribution in [1.29, 1.82) is 0 Å². The highest BCUT2D eigenvalue weighted by atomic mass is 32.2. The third-order valence-corrected chi connectivity index (χ3v) is 6.57. The van der Waals surface area contributed by atoms with Gasteiger partial charge in [-0.1, -0.05) is 12.8 Å². The van der Waals surface area contributed by atoms with Gasteiger partial charge in [-0.25, -0.2) is 8.42 Å². The van der Waals surface area contributed by atoms with Gasteiger partial charge in [0.2, 0.25) is 5.91 Å². The smallest absolute Gasteiger partial charge is 0.308 e. The summed E-state index contributed by atoms with van der Waals surface area (Å²) in [4.78, 5) is 25.2. The van der Waals surface area contributed by atoms with Gasteiger partial charge in [0.1, 0.15) is 0 Å². The van der Waals surface area contributed by atoms with Crippen molar-refractivity contribution in [3.05, 3.63) is 0 Å². The van der Waals surface area contributed by atoms with Gasteiger partial charge in [-0.15, -0.1) is 0 Å². The number of hydrogen-bond donors (Lipinski definition) is 1. The molecule has 0 spiro atoms. The molecule has 1 aliphatic heterocycles. The molecule has 0 aromatic rings. The number of carbonyl (C=O) groups is 2.